The largest absolute Gasteiger partial charge is 0.490 e. The van der Waals surface area contributed by atoms with Crippen molar-refractivity contribution in [2.45, 2.75) is 37.9 Å². The molecule has 5 rings (SSSR count). The van der Waals surface area contributed by atoms with Crippen LogP contribution >= 0.6 is 0 Å². The minimum atomic E-state index is -5.08. The third kappa shape index (κ3) is 6.74. The van der Waals surface area contributed by atoms with E-state index in [0.717, 1.165) is 55.7 Å². The first-order valence-electron chi connectivity index (χ1n) is 12.6. The van der Waals surface area contributed by atoms with E-state index in [1.807, 2.05) is 18.3 Å². The number of halogens is 3. The van der Waals surface area contributed by atoms with Crippen molar-refractivity contribution < 1.29 is 27.9 Å². The average Bonchev–Trinajstić information content (AvgIpc) is 3.56. The Labute approximate surface area is 223 Å². The zero-order chi connectivity index (χ0) is 28.2. The van der Waals surface area contributed by atoms with Crippen molar-refractivity contribution in [2.24, 2.45) is 0 Å². The van der Waals surface area contributed by atoms with Gasteiger partial charge in [0, 0.05) is 57.9 Å². The fourth-order valence-corrected chi connectivity index (χ4v) is 4.68. The molecule has 0 spiro atoms. The van der Waals surface area contributed by atoms with Gasteiger partial charge in [-0.05, 0) is 31.0 Å². The van der Waals surface area contributed by atoms with E-state index in [1.165, 1.54) is 12.8 Å². The van der Waals surface area contributed by atoms with Gasteiger partial charge in [0.05, 0.1) is 11.9 Å². The van der Waals surface area contributed by atoms with Gasteiger partial charge in [0.1, 0.15) is 17.2 Å². The summed E-state index contributed by atoms with van der Waals surface area (Å²) in [5.74, 6) is -1.57. The lowest BCUT2D eigenvalue weighted by Crippen LogP contribution is -2.43. The van der Waals surface area contributed by atoms with Crippen molar-refractivity contribution in [2.75, 3.05) is 50.5 Å². The quantitative estimate of drug-likeness (QED) is 0.439. The standard InChI is InChI=1S/C23H30N8O.C2HF3O2/c1-29(2)22(32)19-13-16-14-26-23(28-21(16)31(19)17-5-3-4-6-17)27-20-8-7-18(15-25-20)30-11-9-24-10-12-30;3-2(4,5)1(6)7/h7-8,13-15,17,24H,3-6,9-12H2,1-2H3,(H,25,26,27,28);(H,6,7). The van der Waals surface area contributed by atoms with Gasteiger partial charge in [0.2, 0.25) is 5.95 Å². The van der Waals surface area contributed by atoms with E-state index in [1.54, 1.807) is 25.2 Å². The molecule has 210 valence electrons. The number of aliphatic carboxylic acids is 1. The Kier molecular flexibility index (Phi) is 8.53. The number of carbonyl (C=O) groups is 2. The van der Waals surface area contributed by atoms with Crippen LogP contribution in [0, 0.1) is 0 Å². The molecule has 3 aromatic rings. The van der Waals surface area contributed by atoms with Crippen LogP contribution < -0.4 is 15.5 Å². The molecule has 39 heavy (non-hydrogen) atoms. The van der Waals surface area contributed by atoms with Crippen molar-refractivity contribution in [1.82, 2.24) is 29.7 Å². The van der Waals surface area contributed by atoms with Gasteiger partial charge in [-0.25, -0.2) is 14.8 Å². The number of piperazine rings is 1. The summed E-state index contributed by atoms with van der Waals surface area (Å²) in [5, 5.41) is 14.6. The molecule has 0 aromatic carbocycles. The summed E-state index contributed by atoms with van der Waals surface area (Å²) in [7, 11) is 3.57. The fourth-order valence-electron chi connectivity index (χ4n) is 4.68. The Bertz CT molecular complexity index is 1300. The number of carboxylic acids is 1. The molecule has 11 nitrogen and oxygen atoms in total. The summed E-state index contributed by atoms with van der Waals surface area (Å²) < 4.78 is 33.9. The van der Waals surface area contributed by atoms with Crippen LogP contribution in [0.25, 0.3) is 11.0 Å². The van der Waals surface area contributed by atoms with Crippen LogP contribution in [0.1, 0.15) is 42.2 Å². The van der Waals surface area contributed by atoms with Crippen molar-refractivity contribution in [3.8, 4) is 0 Å². The second-order valence-electron chi connectivity index (χ2n) is 9.58. The highest BCUT2D eigenvalue weighted by Gasteiger charge is 2.38. The minimum Gasteiger partial charge on any atom is -0.475 e. The van der Waals surface area contributed by atoms with E-state index in [2.05, 4.69) is 36.1 Å². The molecule has 0 bridgehead atoms. The summed E-state index contributed by atoms with van der Waals surface area (Å²) in [6.07, 6.45) is 3.09. The van der Waals surface area contributed by atoms with Crippen molar-refractivity contribution >= 4 is 40.4 Å². The second-order valence-corrected chi connectivity index (χ2v) is 9.58. The molecule has 0 unspecified atom stereocenters. The average molecular weight is 549 g/mol. The predicted octanol–water partition coefficient (Wildman–Crippen LogP) is 3.43. The molecular weight excluding hydrogens is 517 g/mol. The lowest BCUT2D eigenvalue weighted by Gasteiger charge is -2.29. The summed E-state index contributed by atoms with van der Waals surface area (Å²) in [6.45, 7) is 3.96. The molecule has 0 atom stereocenters. The first-order valence-corrected chi connectivity index (χ1v) is 12.6. The van der Waals surface area contributed by atoms with Gasteiger partial charge in [-0.2, -0.15) is 18.2 Å². The van der Waals surface area contributed by atoms with E-state index in [4.69, 9.17) is 14.9 Å². The van der Waals surface area contributed by atoms with Crippen LogP contribution in [0.5, 0.6) is 0 Å². The summed E-state index contributed by atoms with van der Waals surface area (Å²) >= 11 is 0. The van der Waals surface area contributed by atoms with Crippen LogP contribution in [0.15, 0.2) is 30.6 Å². The third-order valence-electron chi connectivity index (χ3n) is 6.60. The number of carboxylic acid groups (broad SMARTS) is 1. The smallest absolute Gasteiger partial charge is 0.475 e. The predicted molar refractivity (Wildman–Crippen MR) is 139 cm³/mol. The van der Waals surface area contributed by atoms with Gasteiger partial charge >= 0.3 is 12.1 Å². The Morgan fingerprint density at radius 1 is 1.10 bits per heavy atom. The third-order valence-corrected chi connectivity index (χ3v) is 6.60. The van der Waals surface area contributed by atoms with Crippen LogP contribution in [0.3, 0.4) is 0 Å². The Morgan fingerprint density at radius 3 is 2.33 bits per heavy atom. The molecule has 1 aliphatic heterocycles. The van der Waals surface area contributed by atoms with E-state index in [9.17, 15) is 18.0 Å². The molecule has 1 saturated heterocycles. The first kappa shape index (κ1) is 28.1. The molecule has 0 radical (unpaired) electrons. The molecule has 2 fully saturated rings. The van der Waals surface area contributed by atoms with Crippen LogP contribution in [-0.4, -0.2) is 87.9 Å². The van der Waals surface area contributed by atoms with Gasteiger partial charge in [0.15, 0.2) is 0 Å². The zero-order valence-electron chi connectivity index (χ0n) is 21.7. The highest BCUT2D eigenvalue weighted by molar-refractivity contribution is 5.97. The van der Waals surface area contributed by atoms with Crippen LogP contribution in [0.2, 0.25) is 0 Å². The Morgan fingerprint density at radius 2 is 1.77 bits per heavy atom. The second kappa shape index (κ2) is 11.8. The van der Waals surface area contributed by atoms with Gasteiger partial charge in [-0.3, -0.25) is 4.79 Å². The maximum atomic E-state index is 12.9. The van der Waals surface area contributed by atoms with Gasteiger partial charge in [0.25, 0.3) is 5.91 Å². The van der Waals surface area contributed by atoms with Gasteiger partial charge in [-0.1, -0.05) is 12.8 Å². The van der Waals surface area contributed by atoms with Gasteiger partial charge < -0.3 is 30.1 Å². The number of pyridine rings is 1. The molecule has 1 saturated carbocycles. The number of carbonyl (C=O) groups excluding carboxylic acids is 1. The van der Waals surface area contributed by atoms with Crippen molar-refractivity contribution in [1.29, 1.82) is 0 Å². The number of rotatable bonds is 5. The zero-order valence-corrected chi connectivity index (χ0v) is 21.7. The number of amides is 1. The minimum absolute atomic E-state index is 0.00502. The fraction of sp³-hybridized carbons (Fsp3) is 0.480. The molecule has 4 heterocycles. The highest BCUT2D eigenvalue weighted by Crippen LogP contribution is 2.35. The number of nitrogens with one attached hydrogen (secondary N) is 2. The molecule has 2 aliphatic rings. The summed E-state index contributed by atoms with van der Waals surface area (Å²) in [5.41, 5.74) is 2.61. The molecule has 14 heteroatoms. The van der Waals surface area contributed by atoms with E-state index in [-0.39, 0.29) is 5.91 Å². The molecule has 1 amide bonds. The first-order chi connectivity index (χ1) is 18.5. The van der Waals surface area contributed by atoms with Crippen LogP contribution in [-0.2, 0) is 4.79 Å². The molecule has 3 aromatic heterocycles. The summed E-state index contributed by atoms with van der Waals surface area (Å²) in [6, 6.07) is 6.25. The van der Waals surface area contributed by atoms with E-state index in [0.29, 0.717) is 23.5 Å². The Balaban J connectivity index is 0.000000448. The Hall–Kier alpha value is -3.94. The summed E-state index contributed by atoms with van der Waals surface area (Å²) in [4.78, 5) is 39.5. The lowest BCUT2D eigenvalue weighted by atomic mass is 10.2. The normalized spacial score (nSPS) is 16.1. The molecule has 3 N–H and O–H groups in total. The topological polar surface area (TPSA) is 129 Å². The number of anilines is 3. The number of alkyl halides is 3. The van der Waals surface area contributed by atoms with Crippen molar-refractivity contribution in [3.05, 3.63) is 36.3 Å². The maximum Gasteiger partial charge on any atom is 0.490 e. The maximum absolute atomic E-state index is 12.9. The van der Waals surface area contributed by atoms with E-state index >= 15 is 0 Å². The van der Waals surface area contributed by atoms with E-state index < -0.39 is 12.1 Å². The van der Waals surface area contributed by atoms with Crippen molar-refractivity contribution in [3.63, 3.8) is 0 Å². The SMILES string of the molecule is CN(C)C(=O)c1cc2cnc(Nc3ccc(N4CCNCC4)cn3)nc2n1C1CCCC1.O=C(O)C(F)(F)F. The lowest BCUT2D eigenvalue weighted by molar-refractivity contribution is -0.192. The number of hydrogen-bond acceptors (Lipinski definition) is 8. The molecular formula is C25H31F3N8O3. The highest BCUT2D eigenvalue weighted by atomic mass is 19.4. The van der Waals surface area contributed by atoms with Gasteiger partial charge in [-0.15, -0.1) is 0 Å². The monoisotopic (exact) mass is 548 g/mol. The number of nitrogens with zero attached hydrogens (tertiary/aromatic N) is 6. The van der Waals surface area contributed by atoms with Crippen LogP contribution in [0.4, 0.5) is 30.6 Å². The number of aromatic nitrogens is 4. The molecule has 1 aliphatic carbocycles. The number of hydrogen-bond donors (Lipinski definition) is 3. The number of fused-ring (bicyclic) bond motifs is 1.